The van der Waals surface area contributed by atoms with Gasteiger partial charge in [0.25, 0.3) is 11.8 Å². The number of para-hydroxylation sites is 1. The summed E-state index contributed by atoms with van der Waals surface area (Å²) in [5.41, 5.74) is 2.40. The molecule has 7 heteroatoms. The molecule has 7 nitrogen and oxygen atoms in total. The third-order valence-corrected chi connectivity index (χ3v) is 4.93. The Labute approximate surface area is 185 Å². The van der Waals surface area contributed by atoms with Crippen molar-refractivity contribution in [2.24, 2.45) is 0 Å². The molecule has 0 aliphatic carbocycles. The standard InChI is InChI=1S/C25H21N3O4/c1-31-22(29)16-17-28(19-12-6-3-7-13-19)25(30)21-15-9-8-14-20(21)24-26-23(27-32-24)18-10-4-2-5-11-18/h2-15H,16-17H2,1H3. The molecule has 0 bridgehead atoms. The lowest BCUT2D eigenvalue weighted by Gasteiger charge is -2.23. The minimum atomic E-state index is -0.392. The van der Waals surface area contributed by atoms with Crippen LogP contribution in [0.5, 0.6) is 0 Å². The van der Waals surface area contributed by atoms with E-state index in [2.05, 4.69) is 10.1 Å². The van der Waals surface area contributed by atoms with E-state index in [0.717, 1.165) is 5.56 Å². The van der Waals surface area contributed by atoms with Crippen molar-refractivity contribution in [1.82, 2.24) is 10.1 Å². The Balaban J connectivity index is 1.69. The van der Waals surface area contributed by atoms with Gasteiger partial charge >= 0.3 is 5.97 Å². The molecule has 4 rings (SSSR count). The number of carbonyl (C=O) groups excluding carboxylic acids is 2. The lowest BCUT2D eigenvalue weighted by atomic mass is 10.1. The van der Waals surface area contributed by atoms with Crippen molar-refractivity contribution >= 4 is 17.6 Å². The van der Waals surface area contributed by atoms with Gasteiger partial charge in [0.2, 0.25) is 5.82 Å². The van der Waals surface area contributed by atoms with Crippen molar-refractivity contribution in [3.63, 3.8) is 0 Å². The maximum Gasteiger partial charge on any atom is 0.307 e. The number of rotatable bonds is 7. The number of anilines is 1. The largest absolute Gasteiger partial charge is 0.469 e. The summed E-state index contributed by atoms with van der Waals surface area (Å²) in [5, 5.41) is 4.06. The Bertz CT molecular complexity index is 1210. The number of nitrogens with zero attached hydrogens (tertiary/aromatic N) is 3. The monoisotopic (exact) mass is 427 g/mol. The van der Waals surface area contributed by atoms with E-state index < -0.39 is 5.97 Å². The van der Waals surface area contributed by atoms with Crippen molar-refractivity contribution in [2.75, 3.05) is 18.6 Å². The molecule has 1 amide bonds. The zero-order valence-corrected chi connectivity index (χ0v) is 17.5. The Morgan fingerprint density at radius 3 is 2.28 bits per heavy atom. The first kappa shape index (κ1) is 21.0. The van der Waals surface area contributed by atoms with E-state index >= 15 is 0 Å². The summed E-state index contributed by atoms with van der Waals surface area (Å²) in [6.07, 6.45) is 0.0675. The molecule has 4 aromatic rings. The summed E-state index contributed by atoms with van der Waals surface area (Å²) in [5.74, 6) is 0.00817. The number of amides is 1. The predicted octanol–water partition coefficient (Wildman–Crippen LogP) is 4.61. The molecule has 0 atom stereocenters. The molecule has 160 valence electrons. The van der Waals surface area contributed by atoms with Gasteiger partial charge in [0.15, 0.2) is 0 Å². The van der Waals surface area contributed by atoms with Crippen molar-refractivity contribution in [3.05, 3.63) is 90.5 Å². The maximum atomic E-state index is 13.6. The smallest absolute Gasteiger partial charge is 0.307 e. The second-order valence-corrected chi connectivity index (χ2v) is 6.95. The molecule has 32 heavy (non-hydrogen) atoms. The molecule has 0 aliphatic rings. The highest BCUT2D eigenvalue weighted by molar-refractivity contribution is 6.10. The number of carbonyl (C=O) groups is 2. The fraction of sp³-hybridized carbons (Fsp3) is 0.120. The van der Waals surface area contributed by atoms with Gasteiger partial charge in [-0.1, -0.05) is 65.8 Å². The number of aromatic nitrogens is 2. The average molecular weight is 427 g/mol. The number of benzene rings is 3. The Morgan fingerprint density at radius 1 is 0.906 bits per heavy atom. The van der Waals surface area contributed by atoms with Gasteiger partial charge in [-0.05, 0) is 24.3 Å². The number of hydrogen-bond donors (Lipinski definition) is 0. The van der Waals surface area contributed by atoms with E-state index in [-0.39, 0.29) is 24.8 Å². The van der Waals surface area contributed by atoms with Gasteiger partial charge in [-0.3, -0.25) is 9.59 Å². The number of esters is 1. The van der Waals surface area contributed by atoms with Crippen LogP contribution in [0.25, 0.3) is 22.8 Å². The molecule has 3 aromatic carbocycles. The average Bonchev–Trinajstić information content (AvgIpc) is 3.35. The highest BCUT2D eigenvalue weighted by Crippen LogP contribution is 2.27. The van der Waals surface area contributed by atoms with E-state index in [1.54, 1.807) is 29.2 Å². The summed E-state index contributed by atoms with van der Waals surface area (Å²) in [7, 11) is 1.33. The molecule has 0 spiro atoms. The van der Waals surface area contributed by atoms with E-state index in [1.165, 1.54) is 7.11 Å². The Hall–Kier alpha value is -4.26. The van der Waals surface area contributed by atoms with Crippen LogP contribution >= 0.6 is 0 Å². The van der Waals surface area contributed by atoms with Gasteiger partial charge in [0.05, 0.1) is 24.7 Å². The summed E-state index contributed by atoms with van der Waals surface area (Å²) in [6.45, 7) is 0.170. The first-order chi connectivity index (χ1) is 15.7. The first-order valence-corrected chi connectivity index (χ1v) is 10.1. The topological polar surface area (TPSA) is 85.5 Å². The fourth-order valence-electron chi connectivity index (χ4n) is 3.30. The van der Waals surface area contributed by atoms with Crippen LogP contribution in [-0.4, -0.2) is 35.7 Å². The molecule has 0 radical (unpaired) electrons. The highest BCUT2D eigenvalue weighted by atomic mass is 16.5. The fourth-order valence-corrected chi connectivity index (χ4v) is 3.30. The minimum absolute atomic E-state index is 0.0675. The lowest BCUT2D eigenvalue weighted by molar-refractivity contribution is -0.140. The molecule has 0 saturated carbocycles. The third-order valence-electron chi connectivity index (χ3n) is 4.93. The van der Waals surface area contributed by atoms with Crippen molar-refractivity contribution < 1.29 is 18.8 Å². The van der Waals surface area contributed by atoms with Crippen molar-refractivity contribution in [3.8, 4) is 22.8 Å². The van der Waals surface area contributed by atoms with E-state index in [9.17, 15) is 9.59 Å². The van der Waals surface area contributed by atoms with Crippen LogP contribution in [0.15, 0.2) is 89.5 Å². The molecule has 1 heterocycles. The summed E-state index contributed by atoms with van der Waals surface area (Å²) >= 11 is 0. The van der Waals surface area contributed by atoms with Crippen LogP contribution in [-0.2, 0) is 9.53 Å². The molecule has 0 saturated heterocycles. The third kappa shape index (κ3) is 4.57. The molecule has 1 aromatic heterocycles. The van der Waals surface area contributed by atoms with Gasteiger partial charge in [0.1, 0.15) is 0 Å². The van der Waals surface area contributed by atoms with Gasteiger partial charge in [0, 0.05) is 17.8 Å². The molecular weight excluding hydrogens is 406 g/mol. The second kappa shape index (κ2) is 9.70. The molecule has 0 aliphatic heterocycles. The first-order valence-electron chi connectivity index (χ1n) is 10.1. The second-order valence-electron chi connectivity index (χ2n) is 6.95. The zero-order chi connectivity index (χ0) is 22.3. The predicted molar refractivity (Wildman–Crippen MR) is 120 cm³/mol. The SMILES string of the molecule is COC(=O)CCN(C(=O)c1ccccc1-c1nc(-c2ccccc2)no1)c1ccccc1. The highest BCUT2D eigenvalue weighted by Gasteiger charge is 2.24. The number of hydrogen-bond acceptors (Lipinski definition) is 6. The van der Waals surface area contributed by atoms with Crippen LogP contribution in [0.4, 0.5) is 5.69 Å². The van der Waals surface area contributed by atoms with E-state index in [1.807, 2.05) is 60.7 Å². The van der Waals surface area contributed by atoms with Crippen LogP contribution in [0.1, 0.15) is 16.8 Å². The Kier molecular flexibility index (Phi) is 6.36. The van der Waals surface area contributed by atoms with Crippen molar-refractivity contribution in [2.45, 2.75) is 6.42 Å². The molecular formula is C25H21N3O4. The van der Waals surface area contributed by atoms with Crippen LogP contribution < -0.4 is 4.90 Å². The van der Waals surface area contributed by atoms with Gasteiger partial charge in [-0.25, -0.2) is 0 Å². The normalized spacial score (nSPS) is 10.5. The molecule has 0 fully saturated rings. The van der Waals surface area contributed by atoms with Crippen LogP contribution in [0.3, 0.4) is 0 Å². The maximum absolute atomic E-state index is 13.6. The quantitative estimate of drug-likeness (QED) is 0.400. The lowest BCUT2D eigenvalue weighted by Crippen LogP contribution is -2.33. The van der Waals surface area contributed by atoms with E-state index in [4.69, 9.17) is 9.26 Å². The summed E-state index contributed by atoms with van der Waals surface area (Å²) in [4.78, 5) is 31.4. The van der Waals surface area contributed by atoms with Crippen LogP contribution in [0.2, 0.25) is 0 Å². The van der Waals surface area contributed by atoms with Crippen LogP contribution in [0, 0.1) is 0 Å². The zero-order valence-electron chi connectivity index (χ0n) is 17.5. The number of ether oxygens (including phenoxy) is 1. The molecule has 0 N–H and O–H groups in total. The van der Waals surface area contributed by atoms with Gasteiger partial charge in [-0.15, -0.1) is 0 Å². The van der Waals surface area contributed by atoms with E-state index in [0.29, 0.717) is 22.6 Å². The minimum Gasteiger partial charge on any atom is -0.469 e. The van der Waals surface area contributed by atoms with Gasteiger partial charge in [-0.2, -0.15) is 4.98 Å². The van der Waals surface area contributed by atoms with Crippen molar-refractivity contribution in [1.29, 1.82) is 0 Å². The number of methoxy groups -OCH3 is 1. The molecule has 0 unspecified atom stereocenters. The van der Waals surface area contributed by atoms with Gasteiger partial charge < -0.3 is 14.2 Å². The summed E-state index contributed by atoms with van der Waals surface area (Å²) in [6, 6.07) is 25.7. The summed E-state index contributed by atoms with van der Waals surface area (Å²) < 4.78 is 10.2. The Morgan fingerprint density at radius 2 is 1.56 bits per heavy atom.